The van der Waals surface area contributed by atoms with Gasteiger partial charge in [0.1, 0.15) is 0 Å². The minimum atomic E-state index is 0.0788. The molecule has 0 aliphatic carbocycles. The Hall–Kier alpha value is -0.650. The van der Waals surface area contributed by atoms with Gasteiger partial charge in [0, 0.05) is 44.2 Å². The molecule has 2 fully saturated rings. The van der Waals surface area contributed by atoms with Crippen molar-refractivity contribution in [2.75, 3.05) is 39.4 Å². The minimum Gasteiger partial charge on any atom is -0.379 e. The van der Waals surface area contributed by atoms with Gasteiger partial charge in [-0.05, 0) is 26.7 Å². The number of nitrogens with one attached hydrogen (secondary N) is 2. The molecule has 0 spiro atoms. The van der Waals surface area contributed by atoms with E-state index in [0.717, 1.165) is 52.2 Å². The first-order valence-corrected chi connectivity index (χ1v) is 7.40. The monoisotopic (exact) mass is 269 g/mol. The van der Waals surface area contributed by atoms with Crippen molar-refractivity contribution < 1.29 is 9.53 Å². The molecule has 0 radical (unpaired) electrons. The fourth-order valence-corrected chi connectivity index (χ4v) is 2.98. The lowest BCUT2D eigenvalue weighted by Gasteiger charge is -2.37. The van der Waals surface area contributed by atoms with Gasteiger partial charge in [-0.15, -0.1) is 0 Å². The van der Waals surface area contributed by atoms with Gasteiger partial charge < -0.3 is 15.4 Å². The molecule has 2 aliphatic rings. The summed E-state index contributed by atoms with van der Waals surface area (Å²) in [5.41, 5.74) is 0.0788. The average Bonchev–Trinajstić information content (AvgIpc) is 2.54. The highest BCUT2D eigenvalue weighted by atomic mass is 16.5. The Bertz CT molecular complexity index is 301. The van der Waals surface area contributed by atoms with Crippen molar-refractivity contribution >= 4 is 5.91 Å². The van der Waals surface area contributed by atoms with E-state index in [2.05, 4.69) is 29.4 Å². The minimum absolute atomic E-state index is 0.0788. The molecule has 0 bridgehead atoms. The predicted molar refractivity (Wildman–Crippen MR) is 75.1 cm³/mol. The van der Waals surface area contributed by atoms with Crippen LogP contribution in [0.4, 0.5) is 0 Å². The van der Waals surface area contributed by atoms with Crippen LogP contribution in [-0.2, 0) is 9.53 Å². The predicted octanol–water partition coefficient (Wildman–Crippen LogP) is 0.356. The second-order valence-corrected chi connectivity index (χ2v) is 6.29. The Balaban J connectivity index is 1.79. The summed E-state index contributed by atoms with van der Waals surface area (Å²) in [6.07, 6.45) is 2.61. The number of carbonyl (C=O) groups is 1. The summed E-state index contributed by atoms with van der Waals surface area (Å²) in [6.45, 7) is 10.1. The first kappa shape index (κ1) is 14.8. The third-order valence-corrected chi connectivity index (χ3v) is 3.85. The van der Waals surface area contributed by atoms with Gasteiger partial charge in [-0.25, -0.2) is 0 Å². The number of ether oxygens (including phenoxy) is 1. The molecule has 1 atom stereocenters. The van der Waals surface area contributed by atoms with E-state index in [-0.39, 0.29) is 11.4 Å². The van der Waals surface area contributed by atoms with E-state index in [0.29, 0.717) is 12.5 Å². The number of hydrogen-bond donors (Lipinski definition) is 2. The number of amides is 1. The third kappa shape index (κ3) is 5.09. The summed E-state index contributed by atoms with van der Waals surface area (Å²) in [6, 6.07) is 0.440. The maximum absolute atomic E-state index is 11.4. The smallest absolute Gasteiger partial charge is 0.220 e. The van der Waals surface area contributed by atoms with Crippen molar-refractivity contribution in [3.8, 4) is 0 Å². The normalized spacial score (nSPS) is 26.8. The standard InChI is InChI=1S/C14H27N3O2/c1-14(2,11-17-7-9-19-10-8-17)16-12-3-4-13(18)15-6-5-12/h12,16H,3-11H2,1-2H3,(H,15,18). The van der Waals surface area contributed by atoms with Crippen molar-refractivity contribution in [3.63, 3.8) is 0 Å². The topological polar surface area (TPSA) is 53.6 Å². The number of carbonyl (C=O) groups excluding carboxylic acids is 1. The average molecular weight is 269 g/mol. The van der Waals surface area contributed by atoms with Crippen LogP contribution in [0.25, 0.3) is 0 Å². The second kappa shape index (κ2) is 6.68. The van der Waals surface area contributed by atoms with Gasteiger partial charge in [-0.2, -0.15) is 0 Å². The Labute approximate surface area is 116 Å². The highest BCUT2D eigenvalue weighted by Gasteiger charge is 2.27. The van der Waals surface area contributed by atoms with Crippen LogP contribution >= 0.6 is 0 Å². The molecule has 1 unspecified atom stereocenters. The van der Waals surface area contributed by atoms with Gasteiger partial charge in [0.25, 0.3) is 0 Å². The molecular weight excluding hydrogens is 242 g/mol. The Morgan fingerprint density at radius 2 is 2.11 bits per heavy atom. The molecule has 110 valence electrons. The maximum Gasteiger partial charge on any atom is 0.220 e. The van der Waals surface area contributed by atoms with Gasteiger partial charge in [-0.1, -0.05) is 0 Å². The first-order valence-electron chi connectivity index (χ1n) is 7.40. The molecule has 2 aliphatic heterocycles. The Kier molecular flexibility index (Phi) is 5.19. The van der Waals surface area contributed by atoms with Gasteiger partial charge in [0.2, 0.25) is 5.91 Å². The zero-order chi connectivity index (χ0) is 13.7. The maximum atomic E-state index is 11.4. The lowest BCUT2D eigenvalue weighted by atomic mass is 9.99. The molecule has 0 saturated carbocycles. The fraction of sp³-hybridized carbons (Fsp3) is 0.929. The van der Waals surface area contributed by atoms with Crippen LogP contribution < -0.4 is 10.6 Å². The summed E-state index contributed by atoms with van der Waals surface area (Å²) in [5.74, 6) is 0.190. The molecule has 5 heteroatoms. The highest BCUT2D eigenvalue weighted by molar-refractivity contribution is 5.76. The quantitative estimate of drug-likeness (QED) is 0.773. The molecule has 0 aromatic heterocycles. The molecule has 2 saturated heterocycles. The molecule has 2 rings (SSSR count). The summed E-state index contributed by atoms with van der Waals surface area (Å²) in [5, 5.41) is 6.66. The number of hydrogen-bond acceptors (Lipinski definition) is 4. The van der Waals surface area contributed by atoms with Gasteiger partial charge in [-0.3, -0.25) is 9.69 Å². The van der Waals surface area contributed by atoms with Crippen LogP contribution in [0.1, 0.15) is 33.1 Å². The van der Waals surface area contributed by atoms with Gasteiger partial charge >= 0.3 is 0 Å². The molecule has 1 amide bonds. The van der Waals surface area contributed by atoms with Crippen molar-refractivity contribution in [1.29, 1.82) is 0 Å². The number of nitrogens with zero attached hydrogens (tertiary/aromatic N) is 1. The SMILES string of the molecule is CC(C)(CN1CCOCC1)NC1CCNC(=O)CC1. The second-order valence-electron chi connectivity index (χ2n) is 6.29. The summed E-state index contributed by atoms with van der Waals surface area (Å²) in [4.78, 5) is 13.8. The van der Waals surface area contributed by atoms with E-state index >= 15 is 0 Å². The van der Waals surface area contributed by atoms with Crippen molar-refractivity contribution in [2.24, 2.45) is 0 Å². The molecule has 0 aromatic carbocycles. The van der Waals surface area contributed by atoms with Gasteiger partial charge in [0.05, 0.1) is 13.2 Å². The van der Waals surface area contributed by atoms with Crippen LogP contribution in [0, 0.1) is 0 Å². The van der Waals surface area contributed by atoms with E-state index < -0.39 is 0 Å². The van der Waals surface area contributed by atoms with Crippen molar-refractivity contribution in [2.45, 2.75) is 44.7 Å². The van der Waals surface area contributed by atoms with E-state index in [4.69, 9.17) is 4.74 Å². The molecule has 0 aromatic rings. The summed E-state index contributed by atoms with van der Waals surface area (Å²) < 4.78 is 5.38. The molecule has 2 heterocycles. The zero-order valence-corrected chi connectivity index (χ0v) is 12.2. The van der Waals surface area contributed by atoms with Gasteiger partial charge in [0.15, 0.2) is 0 Å². The van der Waals surface area contributed by atoms with Crippen molar-refractivity contribution in [1.82, 2.24) is 15.5 Å². The first-order chi connectivity index (χ1) is 9.05. The lowest BCUT2D eigenvalue weighted by molar-refractivity contribution is -0.120. The fourth-order valence-electron chi connectivity index (χ4n) is 2.98. The molecule has 5 nitrogen and oxygen atoms in total. The van der Waals surface area contributed by atoms with E-state index in [1.807, 2.05) is 0 Å². The summed E-state index contributed by atoms with van der Waals surface area (Å²) in [7, 11) is 0. The van der Waals surface area contributed by atoms with Crippen LogP contribution in [0.5, 0.6) is 0 Å². The molecule has 2 N–H and O–H groups in total. The Morgan fingerprint density at radius 3 is 2.84 bits per heavy atom. The van der Waals surface area contributed by atoms with Crippen LogP contribution in [0.15, 0.2) is 0 Å². The highest BCUT2D eigenvalue weighted by Crippen LogP contribution is 2.14. The van der Waals surface area contributed by atoms with Crippen LogP contribution in [-0.4, -0.2) is 61.8 Å². The van der Waals surface area contributed by atoms with E-state index in [1.165, 1.54) is 0 Å². The Morgan fingerprint density at radius 1 is 1.37 bits per heavy atom. The number of morpholine rings is 1. The van der Waals surface area contributed by atoms with E-state index in [9.17, 15) is 4.79 Å². The lowest BCUT2D eigenvalue weighted by Crippen LogP contribution is -2.54. The third-order valence-electron chi connectivity index (χ3n) is 3.85. The largest absolute Gasteiger partial charge is 0.379 e. The molecular formula is C14H27N3O2. The van der Waals surface area contributed by atoms with Crippen molar-refractivity contribution in [3.05, 3.63) is 0 Å². The van der Waals surface area contributed by atoms with Crippen LogP contribution in [0.3, 0.4) is 0 Å². The summed E-state index contributed by atoms with van der Waals surface area (Å²) >= 11 is 0. The zero-order valence-electron chi connectivity index (χ0n) is 12.2. The van der Waals surface area contributed by atoms with Crippen LogP contribution in [0.2, 0.25) is 0 Å². The van der Waals surface area contributed by atoms with E-state index in [1.54, 1.807) is 0 Å². The molecule has 19 heavy (non-hydrogen) atoms. The number of rotatable bonds is 4.